The Morgan fingerprint density at radius 1 is 0.682 bits per heavy atom. The number of ether oxygens (including phenoxy) is 3. The van der Waals surface area contributed by atoms with Gasteiger partial charge in [0.25, 0.3) is 0 Å². The molecule has 0 saturated heterocycles. The van der Waals surface area contributed by atoms with Crippen molar-refractivity contribution in [1.82, 2.24) is 0 Å². The molecular weight excluding hydrogens is 280 g/mol. The number of hydrogen-bond acceptors (Lipinski definition) is 4. The fraction of sp³-hybridized carbons (Fsp3) is 1.00. The zero-order chi connectivity index (χ0) is 16.8. The van der Waals surface area contributed by atoms with Crippen LogP contribution in [0.2, 0.25) is 0 Å². The molecule has 4 nitrogen and oxygen atoms in total. The second kappa shape index (κ2) is 14.4. The van der Waals surface area contributed by atoms with Gasteiger partial charge in [0.05, 0.1) is 45.7 Å². The zero-order valence-electron chi connectivity index (χ0n) is 15.3. The molecule has 0 aromatic heterocycles. The zero-order valence-corrected chi connectivity index (χ0v) is 15.3. The highest BCUT2D eigenvalue weighted by atomic mass is 16.5. The molecule has 2 atom stereocenters. The highest BCUT2D eigenvalue weighted by Gasteiger charge is 2.16. The second-order valence-corrected chi connectivity index (χ2v) is 7.04. The quantitative estimate of drug-likeness (QED) is 0.469. The van der Waals surface area contributed by atoms with E-state index in [0.717, 1.165) is 18.8 Å². The lowest BCUT2D eigenvalue weighted by Gasteiger charge is -2.24. The topological polar surface area (TPSA) is 47.9 Å². The lowest BCUT2D eigenvalue weighted by molar-refractivity contribution is -0.0266. The first kappa shape index (κ1) is 21.8. The predicted octanol–water partition coefficient (Wildman–Crippen LogP) is 3.52. The van der Waals surface area contributed by atoms with Gasteiger partial charge in [-0.2, -0.15) is 0 Å². The maximum atomic E-state index is 8.58. The van der Waals surface area contributed by atoms with E-state index in [9.17, 15) is 0 Å². The molecule has 134 valence electrons. The minimum atomic E-state index is 0.0640. The molecule has 1 N–H and O–H groups in total. The van der Waals surface area contributed by atoms with E-state index in [2.05, 4.69) is 34.6 Å². The number of aliphatic hydroxyl groups is 1. The molecule has 0 aromatic rings. The molecule has 2 unspecified atom stereocenters. The SMILES string of the molecule is CC(C)CC(C)CC(CC(C)C)OCCOCCOCCO. The lowest BCUT2D eigenvalue weighted by atomic mass is 9.91. The van der Waals surface area contributed by atoms with Gasteiger partial charge in [0.2, 0.25) is 0 Å². The van der Waals surface area contributed by atoms with Gasteiger partial charge >= 0.3 is 0 Å². The summed E-state index contributed by atoms with van der Waals surface area (Å²) in [6.07, 6.45) is 3.84. The van der Waals surface area contributed by atoms with Gasteiger partial charge in [0.15, 0.2) is 0 Å². The molecular formula is C18H38O4. The molecule has 4 heteroatoms. The second-order valence-electron chi connectivity index (χ2n) is 7.04. The molecule has 0 saturated carbocycles. The van der Waals surface area contributed by atoms with Crippen LogP contribution >= 0.6 is 0 Å². The third kappa shape index (κ3) is 14.8. The molecule has 0 bridgehead atoms. The first-order valence-electron chi connectivity index (χ1n) is 8.83. The fourth-order valence-corrected chi connectivity index (χ4v) is 2.77. The average molecular weight is 318 g/mol. The van der Waals surface area contributed by atoms with E-state index in [1.54, 1.807) is 0 Å². The summed E-state index contributed by atoms with van der Waals surface area (Å²) in [6, 6.07) is 0. The van der Waals surface area contributed by atoms with Crippen LogP contribution in [0.5, 0.6) is 0 Å². The van der Waals surface area contributed by atoms with Gasteiger partial charge < -0.3 is 19.3 Å². The molecule has 0 aliphatic rings. The first-order valence-corrected chi connectivity index (χ1v) is 8.83. The van der Waals surface area contributed by atoms with Gasteiger partial charge in [-0.25, -0.2) is 0 Å². The monoisotopic (exact) mass is 318 g/mol. The molecule has 0 aromatic carbocycles. The van der Waals surface area contributed by atoms with Gasteiger partial charge in [-0.3, -0.25) is 0 Å². The van der Waals surface area contributed by atoms with Crippen LogP contribution in [0.4, 0.5) is 0 Å². The number of rotatable bonds is 15. The maximum absolute atomic E-state index is 8.58. The van der Waals surface area contributed by atoms with E-state index in [1.165, 1.54) is 6.42 Å². The van der Waals surface area contributed by atoms with Crippen molar-refractivity contribution < 1.29 is 19.3 Å². The maximum Gasteiger partial charge on any atom is 0.0704 e. The Bertz CT molecular complexity index is 231. The molecule has 0 amide bonds. The van der Waals surface area contributed by atoms with Gasteiger partial charge in [-0.1, -0.05) is 34.6 Å². The lowest BCUT2D eigenvalue weighted by Crippen LogP contribution is -2.22. The van der Waals surface area contributed by atoms with Crippen LogP contribution in [0.3, 0.4) is 0 Å². The Hall–Kier alpha value is -0.160. The summed E-state index contributed by atoms with van der Waals surface area (Å²) in [5.41, 5.74) is 0. The molecule has 0 fully saturated rings. The van der Waals surface area contributed by atoms with Crippen LogP contribution in [0, 0.1) is 17.8 Å². The van der Waals surface area contributed by atoms with Crippen LogP contribution in [0.15, 0.2) is 0 Å². The van der Waals surface area contributed by atoms with Gasteiger partial charge in [-0.05, 0) is 37.0 Å². The first-order chi connectivity index (χ1) is 10.5. The van der Waals surface area contributed by atoms with Crippen molar-refractivity contribution in [1.29, 1.82) is 0 Å². The molecule has 0 heterocycles. The minimum Gasteiger partial charge on any atom is -0.394 e. The summed E-state index contributed by atoms with van der Waals surface area (Å²) >= 11 is 0. The summed E-state index contributed by atoms with van der Waals surface area (Å²) in [6.45, 7) is 14.2. The largest absolute Gasteiger partial charge is 0.394 e. The molecule has 0 spiro atoms. The number of aliphatic hydroxyl groups excluding tert-OH is 1. The highest BCUT2D eigenvalue weighted by Crippen LogP contribution is 2.21. The van der Waals surface area contributed by atoms with Crippen LogP contribution in [0.25, 0.3) is 0 Å². The van der Waals surface area contributed by atoms with Crippen molar-refractivity contribution in [2.24, 2.45) is 17.8 Å². The summed E-state index contributed by atoms with van der Waals surface area (Å²) in [5, 5.41) is 8.58. The summed E-state index contributed by atoms with van der Waals surface area (Å²) in [7, 11) is 0. The van der Waals surface area contributed by atoms with Gasteiger partial charge in [0.1, 0.15) is 0 Å². The standard InChI is InChI=1S/C18H38O4/c1-15(2)12-17(5)14-18(13-16(3)4)22-11-10-21-9-8-20-7-6-19/h15-19H,6-14H2,1-5H3. The van der Waals surface area contributed by atoms with Crippen molar-refractivity contribution in [3.8, 4) is 0 Å². The third-order valence-corrected chi connectivity index (χ3v) is 3.46. The van der Waals surface area contributed by atoms with Crippen LogP contribution in [0.1, 0.15) is 53.9 Å². The molecule has 22 heavy (non-hydrogen) atoms. The minimum absolute atomic E-state index is 0.0640. The van der Waals surface area contributed by atoms with Gasteiger partial charge in [-0.15, -0.1) is 0 Å². The van der Waals surface area contributed by atoms with Crippen molar-refractivity contribution in [3.63, 3.8) is 0 Å². The Morgan fingerprint density at radius 3 is 1.77 bits per heavy atom. The Balaban J connectivity index is 3.80. The van der Waals surface area contributed by atoms with Crippen molar-refractivity contribution in [3.05, 3.63) is 0 Å². The van der Waals surface area contributed by atoms with Crippen LogP contribution in [-0.4, -0.2) is 50.9 Å². The van der Waals surface area contributed by atoms with Crippen molar-refractivity contribution in [2.75, 3.05) is 39.6 Å². The smallest absolute Gasteiger partial charge is 0.0704 e. The van der Waals surface area contributed by atoms with E-state index < -0.39 is 0 Å². The Kier molecular flexibility index (Phi) is 14.3. The van der Waals surface area contributed by atoms with E-state index in [1.807, 2.05) is 0 Å². The summed E-state index contributed by atoms with van der Waals surface area (Å²) in [5.74, 6) is 2.11. The average Bonchev–Trinajstić information content (AvgIpc) is 2.39. The van der Waals surface area contributed by atoms with Crippen molar-refractivity contribution >= 4 is 0 Å². The van der Waals surface area contributed by atoms with Crippen LogP contribution in [-0.2, 0) is 14.2 Å². The van der Waals surface area contributed by atoms with E-state index in [4.69, 9.17) is 19.3 Å². The van der Waals surface area contributed by atoms with Crippen LogP contribution < -0.4 is 0 Å². The van der Waals surface area contributed by atoms with Crippen molar-refractivity contribution in [2.45, 2.75) is 60.0 Å². The Morgan fingerprint density at radius 2 is 1.23 bits per heavy atom. The molecule has 0 radical (unpaired) electrons. The summed E-state index contributed by atoms with van der Waals surface area (Å²) in [4.78, 5) is 0. The molecule has 0 rings (SSSR count). The normalized spacial score (nSPS) is 14.7. The number of hydrogen-bond donors (Lipinski definition) is 1. The van der Waals surface area contributed by atoms with Gasteiger partial charge in [0, 0.05) is 0 Å². The highest BCUT2D eigenvalue weighted by molar-refractivity contribution is 4.67. The van der Waals surface area contributed by atoms with E-state index in [0.29, 0.717) is 51.0 Å². The Labute approximate surface area is 137 Å². The fourth-order valence-electron chi connectivity index (χ4n) is 2.77. The summed E-state index contributed by atoms with van der Waals surface area (Å²) < 4.78 is 16.6. The van der Waals surface area contributed by atoms with E-state index >= 15 is 0 Å². The predicted molar refractivity (Wildman–Crippen MR) is 91.2 cm³/mol. The molecule has 0 aliphatic carbocycles. The van der Waals surface area contributed by atoms with E-state index in [-0.39, 0.29) is 6.61 Å². The molecule has 0 aliphatic heterocycles. The third-order valence-electron chi connectivity index (χ3n) is 3.46.